The van der Waals surface area contributed by atoms with Crippen molar-refractivity contribution in [1.82, 2.24) is 0 Å². The monoisotopic (exact) mass is 233 g/mol. The van der Waals surface area contributed by atoms with Crippen LogP contribution in [-0.2, 0) is 17.6 Å². The van der Waals surface area contributed by atoms with E-state index in [-0.39, 0.29) is 5.91 Å². The smallest absolute Gasteiger partial charge is 0.224 e. The molecule has 0 unspecified atom stereocenters. The van der Waals surface area contributed by atoms with E-state index in [1.807, 2.05) is 26.0 Å². The van der Waals surface area contributed by atoms with Crippen LogP contribution in [0.15, 0.2) is 18.2 Å². The number of rotatable bonds is 3. The van der Waals surface area contributed by atoms with Crippen LogP contribution in [0.2, 0.25) is 0 Å². The predicted octanol–water partition coefficient (Wildman–Crippen LogP) is 2.27. The summed E-state index contributed by atoms with van der Waals surface area (Å²) < 4.78 is 0. The van der Waals surface area contributed by atoms with Crippen LogP contribution in [0.25, 0.3) is 0 Å². The van der Waals surface area contributed by atoms with E-state index in [1.54, 1.807) is 0 Å². The van der Waals surface area contributed by atoms with Crippen molar-refractivity contribution in [2.75, 3.05) is 5.32 Å². The lowest BCUT2D eigenvalue weighted by Gasteiger charge is -2.19. The first kappa shape index (κ1) is 12.1. The lowest BCUT2D eigenvalue weighted by molar-refractivity contribution is -0.116. The van der Waals surface area contributed by atoms with Crippen molar-refractivity contribution >= 4 is 11.6 Å². The molecule has 1 aliphatic heterocycles. The highest BCUT2D eigenvalue weighted by Gasteiger charge is 2.16. The third-order valence-electron chi connectivity index (χ3n) is 3.09. The maximum absolute atomic E-state index is 11.2. The highest BCUT2D eigenvalue weighted by molar-refractivity contribution is 5.93. The summed E-state index contributed by atoms with van der Waals surface area (Å²) >= 11 is 0. The van der Waals surface area contributed by atoms with Crippen LogP contribution in [0.5, 0.6) is 0 Å². The van der Waals surface area contributed by atoms with Gasteiger partial charge in [-0.3, -0.25) is 4.79 Å². The van der Waals surface area contributed by atoms with E-state index in [0.717, 1.165) is 24.9 Å². The van der Waals surface area contributed by atoms with Crippen molar-refractivity contribution in [3.63, 3.8) is 0 Å². The molecule has 0 fully saturated rings. The summed E-state index contributed by atoms with van der Waals surface area (Å²) in [5.41, 5.74) is 2.75. The molecule has 1 aromatic carbocycles. The number of hydrogen-bond donors (Lipinski definition) is 2. The van der Waals surface area contributed by atoms with Gasteiger partial charge in [0.1, 0.15) is 0 Å². The van der Waals surface area contributed by atoms with E-state index >= 15 is 0 Å². The van der Waals surface area contributed by atoms with Crippen molar-refractivity contribution in [3.05, 3.63) is 29.3 Å². The molecule has 0 atom stereocenters. The van der Waals surface area contributed by atoms with Gasteiger partial charge in [-0.25, -0.2) is 0 Å². The number of nitrogens with one attached hydrogen (secondary N) is 1. The fourth-order valence-electron chi connectivity index (χ4n) is 2.04. The number of carbonyl (C=O) groups excluding carboxylic acids is 1. The highest BCUT2D eigenvalue weighted by atomic mass is 16.3. The Labute approximate surface area is 102 Å². The maximum Gasteiger partial charge on any atom is 0.224 e. The second-order valence-corrected chi connectivity index (χ2v) is 5.35. The number of aliphatic hydroxyl groups is 1. The summed E-state index contributed by atoms with van der Waals surface area (Å²) in [5.74, 6) is 0.0988. The number of benzene rings is 1. The molecule has 0 bridgehead atoms. The molecule has 0 saturated carbocycles. The minimum atomic E-state index is -0.621. The largest absolute Gasteiger partial charge is 0.390 e. The van der Waals surface area contributed by atoms with E-state index in [4.69, 9.17) is 0 Å². The normalized spacial score (nSPS) is 15.4. The van der Waals surface area contributed by atoms with E-state index in [1.165, 1.54) is 11.1 Å². The lowest BCUT2D eigenvalue weighted by atomic mass is 9.95. The molecule has 3 heteroatoms. The van der Waals surface area contributed by atoms with E-state index in [9.17, 15) is 9.90 Å². The van der Waals surface area contributed by atoms with Gasteiger partial charge in [-0.1, -0.05) is 12.1 Å². The molecule has 0 spiro atoms. The molecule has 0 aromatic heterocycles. The summed E-state index contributed by atoms with van der Waals surface area (Å²) in [6.07, 6.45) is 3.00. The second kappa shape index (κ2) is 4.49. The first-order valence-corrected chi connectivity index (χ1v) is 6.08. The first-order chi connectivity index (χ1) is 7.94. The second-order valence-electron chi connectivity index (χ2n) is 5.35. The first-order valence-electron chi connectivity index (χ1n) is 6.08. The fraction of sp³-hybridized carbons (Fsp3) is 0.500. The molecule has 3 nitrogen and oxygen atoms in total. The summed E-state index contributed by atoms with van der Waals surface area (Å²) in [4.78, 5) is 11.2. The van der Waals surface area contributed by atoms with Gasteiger partial charge in [0, 0.05) is 12.1 Å². The zero-order chi connectivity index (χ0) is 12.5. The number of anilines is 1. The lowest BCUT2D eigenvalue weighted by Crippen LogP contribution is -2.20. The third kappa shape index (κ3) is 3.30. The maximum atomic E-state index is 11.2. The molecule has 2 rings (SSSR count). The standard InChI is InChI=1S/C14H19NO2/c1-14(2,17)8-7-10-3-5-12-11(9-10)4-6-13(16)15-12/h3,5,9,17H,4,6-8H2,1-2H3,(H,15,16). The molecular formula is C14H19NO2. The number of fused-ring (bicyclic) bond motifs is 1. The van der Waals surface area contributed by atoms with Gasteiger partial charge in [0.05, 0.1) is 5.60 Å². The van der Waals surface area contributed by atoms with Crippen LogP contribution in [0.4, 0.5) is 5.69 Å². The zero-order valence-electron chi connectivity index (χ0n) is 10.4. The molecule has 0 saturated heterocycles. The van der Waals surface area contributed by atoms with Gasteiger partial charge in [0.25, 0.3) is 0 Å². The van der Waals surface area contributed by atoms with Gasteiger partial charge in [0.2, 0.25) is 5.91 Å². The van der Waals surface area contributed by atoms with Gasteiger partial charge >= 0.3 is 0 Å². The van der Waals surface area contributed by atoms with Crippen molar-refractivity contribution in [1.29, 1.82) is 0 Å². The molecule has 1 heterocycles. The molecular weight excluding hydrogens is 214 g/mol. The fourth-order valence-corrected chi connectivity index (χ4v) is 2.04. The number of hydrogen-bond acceptors (Lipinski definition) is 2. The number of amides is 1. The number of carbonyl (C=O) groups is 1. The Hall–Kier alpha value is -1.35. The Morgan fingerprint density at radius 1 is 1.35 bits per heavy atom. The Kier molecular flexibility index (Phi) is 3.20. The SMILES string of the molecule is CC(C)(O)CCc1ccc2c(c1)CCC(=O)N2. The summed E-state index contributed by atoms with van der Waals surface area (Å²) in [6.45, 7) is 3.65. The summed E-state index contributed by atoms with van der Waals surface area (Å²) in [7, 11) is 0. The number of aryl methyl sites for hydroxylation is 2. The van der Waals surface area contributed by atoms with Crippen molar-refractivity contribution in [3.8, 4) is 0 Å². The van der Waals surface area contributed by atoms with Crippen LogP contribution in [0.1, 0.15) is 37.8 Å². The Morgan fingerprint density at radius 3 is 2.82 bits per heavy atom. The topological polar surface area (TPSA) is 49.3 Å². The Bertz CT molecular complexity index is 432. The molecule has 2 N–H and O–H groups in total. The average molecular weight is 233 g/mol. The van der Waals surface area contributed by atoms with Crippen LogP contribution in [0, 0.1) is 0 Å². The minimum absolute atomic E-state index is 0.0988. The predicted molar refractivity (Wildman–Crippen MR) is 68.0 cm³/mol. The van der Waals surface area contributed by atoms with E-state index in [2.05, 4.69) is 11.4 Å². The van der Waals surface area contributed by atoms with Crippen molar-refractivity contribution < 1.29 is 9.90 Å². The highest BCUT2D eigenvalue weighted by Crippen LogP contribution is 2.24. The molecule has 92 valence electrons. The Balaban J connectivity index is 2.09. The van der Waals surface area contributed by atoms with Gasteiger partial charge in [-0.2, -0.15) is 0 Å². The Morgan fingerprint density at radius 2 is 2.12 bits per heavy atom. The molecule has 0 aliphatic carbocycles. The molecule has 1 aromatic rings. The van der Waals surface area contributed by atoms with Crippen molar-refractivity contribution in [2.24, 2.45) is 0 Å². The summed E-state index contributed by atoms with van der Waals surface area (Å²) in [5, 5.41) is 12.6. The average Bonchev–Trinajstić information content (AvgIpc) is 2.25. The molecule has 1 aliphatic rings. The quantitative estimate of drug-likeness (QED) is 0.841. The minimum Gasteiger partial charge on any atom is -0.390 e. The van der Waals surface area contributed by atoms with Gasteiger partial charge in [0.15, 0.2) is 0 Å². The zero-order valence-corrected chi connectivity index (χ0v) is 10.4. The van der Waals surface area contributed by atoms with Crippen LogP contribution in [0.3, 0.4) is 0 Å². The molecule has 17 heavy (non-hydrogen) atoms. The molecule has 0 radical (unpaired) electrons. The third-order valence-corrected chi connectivity index (χ3v) is 3.09. The van der Waals surface area contributed by atoms with Gasteiger partial charge in [-0.15, -0.1) is 0 Å². The van der Waals surface area contributed by atoms with E-state index < -0.39 is 5.60 Å². The van der Waals surface area contributed by atoms with Crippen LogP contribution < -0.4 is 5.32 Å². The molecule has 1 amide bonds. The summed E-state index contributed by atoms with van der Waals surface area (Å²) in [6, 6.07) is 6.13. The van der Waals surface area contributed by atoms with Crippen LogP contribution in [-0.4, -0.2) is 16.6 Å². The van der Waals surface area contributed by atoms with Gasteiger partial charge < -0.3 is 10.4 Å². The van der Waals surface area contributed by atoms with Crippen LogP contribution >= 0.6 is 0 Å². The van der Waals surface area contributed by atoms with Crippen molar-refractivity contribution in [2.45, 2.75) is 45.1 Å². The van der Waals surface area contributed by atoms with E-state index in [0.29, 0.717) is 6.42 Å². The van der Waals surface area contributed by atoms with Gasteiger partial charge in [-0.05, 0) is 50.3 Å².